The Hall–Kier alpha value is -1.22. The van der Waals surface area contributed by atoms with E-state index in [-0.39, 0.29) is 24.8 Å². The second-order valence-electron chi connectivity index (χ2n) is 10.0. The Labute approximate surface area is 237 Å². The fourth-order valence-electron chi connectivity index (χ4n) is 5.36. The van der Waals surface area contributed by atoms with Crippen molar-refractivity contribution >= 4 is 23.8 Å². The predicted octanol–water partition coefficient (Wildman–Crippen LogP) is -0.0407. The molecule has 0 fully saturated rings. The Kier molecular flexibility index (Phi) is 9.27. The molecule has 0 amide bonds. The number of hydrogen-bond acceptors (Lipinski definition) is 1. The van der Waals surface area contributed by atoms with E-state index < -0.39 is 8.32 Å². The van der Waals surface area contributed by atoms with Crippen molar-refractivity contribution in [1.82, 2.24) is 0 Å². The smallest absolute Gasteiger partial charge is 1.00 e. The number of fused-ring (bicyclic) bond motifs is 3. The molecule has 35 heavy (non-hydrogen) atoms. The summed E-state index contributed by atoms with van der Waals surface area (Å²) in [6, 6.07) is 22.6. The van der Waals surface area contributed by atoms with Crippen molar-refractivity contribution in [3.63, 3.8) is 0 Å². The summed E-state index contributed by atoms with van der Waals surface area (Å²) in [5, 5.41) is 5.58. The topological polar surface area (TPSA) is 9.23 Å². The molecule has 1 atom stereocenters. The van der Waals surface area contributed by atoms with Gasteiger partial charge in [0.15, 0.2) is 0 Å². The zero-order chi connectivity index (χ0) is 23.2. The molecule has 5 heteroatoms. The molecule has 0 saturated carbocycles. The molecule has 2 aliphatic rings. The van der Waals surface area contributed by atoms with E-state index in [9.17, 15) is 0 Å². The van der Waals surface area contributed by atoms with Gasteiger partial charge in [-0.1, -0.05) is 0 Å². The van der Waals surface area contributed by atoms with Crippen LogP contribution in [0.1, 0.15) is 47.9 Å². The molecule has 5 rings (SSSR count). The number of rotatable bonds is 6. The van der Waals surface area contributed by atoms with Crippen molar-refractivity contribution in [3.05, 3.63) is 109 Å². The maximum atomic E-state index is 6.19. The van der Waals surface area contributed by atoms with E-state index in [2.05, 4.69) is 99.4 Å². The standard InChI is InChI=1S/C30H31OSi.2ClH.Zr/c1-5-21-16-17-27-25-14-8-6-12-23(25)20-28(27)29(21)30-24(13-10-18-31-32(2,3)4)19-22-11-7-9-15-26(22)30;;;/h5-9,11-12,14-17,19,30H,10,13,18H2,1-4H3;2*1H;/q;;;+2/p-2. The third kappa shape index (κ3) is 5.41. The largest absolute Gasteiger partial charge is 1.00 e. The van der Waals surface area contributed by atoms with Gasteiger partial charge in [-0.2, -0.15) is 0 Å². The third-order valence-corrected chi connectivity index (χ3v) is 9.13. The van der Waals surface area contributed by atoms with Crippen LogP contribution in [0.2, 0.25) is 19.6 Å². The minimum atomic E-state index is -1.48. The van der Waals surface area contributed by atoms with Crippen LogP contribution in [0, 0.1) is 10.4 Å². The van der Waals surface area contributed by atoms with E-state index in [1.54, 1.807) is 0 Å². The summed E-state index contributed by atoms with van der Waals surface area (Å²) >= 11 is 1.49. The first kappa shape index (κ1) is 28.4. The maximum Gasteiger partial charge on any atom is -1.00 e. The van der Waals surface area contributed by atoms with Gasteiger partial charge in [0, 0.05) is 0 Å². The van der Waals surface area contributed by atoms with Crippen LogP contribution < -0.4 is 35.3 Å². The average molecular weight is 598 g/mol. The number of halogens is 2. The third-order valence-electron chi connectivity index (χ3n) is 6.78. The van der Waals surface area contributed by atoms with Crippen molar-refractivity contribution in [2.24, 2.45) is 0 Å². The van der Waals surface area contributed by atoms with Gasteiger partial charge in [-0.3, -0.25) is 0 Å². The van der Waals surface area contributed by atoms with Crippen molar-refractivity contribution in [2.45, 2.75) is 45.3 Å². The molecule has 0 aliphatic heterocycles. The van der Waals surface area contributed by atoms with Crippen molar-refractivity contribution < 1.29 is 54.0 Å². The predicted molar refractivity (Wildman–Crippen MR) is 137 cm³/mol. The van der Waals surface area contributed by atoms with Gasteiger partial charge in [0.1, 0.15) is 0 Å². The zero-order valence-electron chi connectivity index (χ0n) is 20.8. The summed E-state index contributed by atoms with van der Waals surface area (Å²) in [7, 11) is -1.48. The molecule has 2 aliphatic carbocycles. The molecule has 1 unspecified atom stereocenters. The van der Waals surface area contributed by atoms with Crippen LogP contribution in [0.3, 0.4) is 0 Å². The number of allylic oxidation sites excluding steroid dienone is 1. The van der Waals surface area contributed by atoms with Crippen molar-refractivity contribution in [1.29, 1.82) is 0 Å². The van der Waals surface area contributed by atoms with Gasteiger partial charge in [0.05, 0.1) is 0 Å². The molecule has 0 radical (unpaired) electrons. The van der Waals surface area contributed by atoms with Gasteiger partial charge in [-0.25, -0.2) is 0 Å². The molecule has 3 aromatic carbocycles. The SMILES string of the molecule is CC=c1ccc2c(c1C1C(CCCO[Si](C)(C)C)=Cc3ccccc31)[C]([Zr+2])=c1ccccc1=2.[Cl-].[Cl-]. The second-order valence-corrected chi connectivity index (χ2v) is 15.8. The van der Waals surface area contributed by atoms with Crippen LogP contribution in [0.15, 0.2) is 66.2 Å². The van der Waals surface area contributed by atoms with Gasteiger partial charge >= 0.3 is 214 Å². The van der Waals surface area contributed by atoms with E-state index in [1.165, 1.54) is 76.7 Å². The zero-order valence-corrected chi connectivity index (χ0v) is 25.8. The van der Waals surface area contributed by atoms with Gasteiger partial charge in [0.25, 0.3) is 0 Å². The average Bonchev–Trinajstić information content (AvgIpc) is 3.31. The monoisotopic (exact) mass is 595 g/mol. The van der Waals surface area contributed by atoms with Crippen LogP contribution in [-0.2, 0) is 29.1 Å². The summed E-state index contributed by atoms with van der Waals surface area (Å²) in [5.74, 6) is 0.319. The van der Waals surface area contributed by atoms with E-state index >= 15 is 0 Å². The summed E-state index contributed by atoms with van der Waals surface area (Å²) < 4.78 is 7.69. The Morgan fingerprint density at radius 1 is 0.886 bits per heavy atom. The van der Waals surface area contributed by atoms with Crippen LogP contribution in [0.5, 0.6) is 0 Å². The molecule has 0 aromatic heterocycles. The first-order valence-electron chi connectivity index (χ1n) is 12.0. The molecular weight excluding hydrogens is 567 g/mol. The van der Waals surface area contributed by atoms with Gasteiger partial charge in [-0.15, -0.1) is 0 Å². The number of hydrogen-bond donors (Lipinski definition) is 0. The first-order valence-corrected chi connectivity index (χ1v) is 16.6. The van der Waals surface area contributed by atoms with Crippen LogP contribution in [-0.4, -0.2) is 14.9 Å². The molecule has 0 bridgehead atoms. The molecule has 1 nitrogen and oxygen atoms in total. The Bertz CT molecular complexity index is 1490. The summed E-state index contributed by atoms with van der Waals surface area (Å²) in [5.41, 5.74) is 7.35. The fraction of sp³-hybridized carbons (Fsp3) is 0.267. The van der Waals surface area contributed by atoms with Crippen LogP contribution >= 0.6 is 0 Å². The van der Waals surface area contributed by atoms with Crippen molar-refractivity contribution in [3.8, 4) is 0 Å². The fourth-order valence-corrected chi connectivity index (χ4v) is 7.32. The molecule has 0 spiro atoms. The molecule has 0 N–H and O–H groups in total. The van der Waals surface area contributed by atoms with E-state index in [1.807, 2.05) is 0 Å². The minimum Gasteiger partial charge on any atom is -1.00 e. The van der Waals surface area contributed by atoms with E-state index in [0.717, 1.165) is 19.4 Å². The Morgan fingerprint density at radius 2 is 1.57 bits per heavy atom. The number of benzene rings is 3. The first-order chi connectivity index (χ1) is 15.9. The summed E-state index contributed by atoms with van der Waals surface area (Å²) in [6.07, 6.45) is 6.92. The Morgan fingerprint density at radius 3 is 2.29 bits per heavy atom. The minimum absolute atomic E-state index is 0. The Balaban J connectivity index is 0.00000171. The van der Waals surface area contributed by atoms with Crippen LogP contribution in [0.25, 0.3) is 15.4 Å². The van der Waals surface area contributed by atoms with Gasteiger partial charge in [-0.05, 0) is 0 Å². The summed E-state index contributed by atoms with van der Waals surface area (Å²) in [6.45, 7) is 9.86. The van der Waals surface area contributed by atoms with Gasteiger partial charge < -0.3 is 24.8 Å². The maximum absolute atomic E-state index is 6.19. The van der Waals surface area contributed by atoms with Crippen LogP contribution in [0.4, 0.5) is 0 Å². The van der Waals surface area contributed by atoms with E-state index in [0.29, 0.717) is 5.92 Å². The van der Waals surface area contributed by atoms with Crippen molar-refractivity contribution in [2.75, 3.05) is 6.61 Å². The molecule has 0 heterocycles. The van der Waals surface area contributed by atoms with E-state index in [4.69, 9.17) is 4.43 Å². The molecular formula is C30H31Cl2OSiZr. The molecule has 3 aromatic rings. The van der Waals surface area contributed by atoms with Gasteiger partial charge in [0.2, 0.25) is 0 Å². The second kappa shape index (κ2) is 11.4. The molecule has 0 saturated heterocycles. The molecule has 179 valence electrons. The summed E-state index contributed by atoms with van der Waals surface area (Å²) in [4.78, 5) is 0. The normalized spacial score (nSPS) is 16.2. The quantitative estimate of drug-likeness (QED) is 0.287.